The first-order valence-electron chi connectivity index (χ1n) is 10.1. The second kappa shape index (κ2) is 8.61. The maximum atomic E-state index is 12.1. The van der Waals surface area contributed by atoms with Gasteiger partial charge in [-0.3, -0.25) is 9.69 Å². The lowest BCUT2D eigenvalue weighted by molar-refractivity contribution is -0.0329. The quantitative estimate of drug-likeness (QED) is 0.595. The molecule has 0 bridgehead atoms. The third kappa shape index (κ3) is 4.20. The van der Waals surface area contributed by atoms with Crippen LogP contribution in [0.15, 0.2) is 35.7 Å². The molecule has 3 aromatic rings. The van der Waals surface area contributed by atoms with Crippen LogP contribution in [0.2, 0.25) is 0 Å². The van der Waals surface area contributed by atoms with Crippen molar-refractivity contribution in [1.29, 1.82) is 0 Å². The largest absolute Gasteiger partial charge is 0.368 e. The first kappa shape index (κ1) is 20.0. The summed E-state index contributed by atoms with van der Waals surface area (Å²) in [6, 6.07) is 10.5. The summed E-state index contributed by atoms with van der Waals surface area (Å²) in [5.74, 6) is 0.101. The van der Waals surface area contributed by atoms with Crippen LogP contribution in [0.5, 0.6) is 0 Å². The van der Waals surface area contributed by atoms with Gasteiger partial charge in [-0.25, -0.2) is 4.98 Å². The molecule has 1 aliphatic heterocycles. The van der Waals surface area contributed by atoms with Gasteiger partial charge in [-0.1, -0.05) is 37.3 Å². The molecule has 1 N–H and O–H groups in total. The number of nitrogens with one attached hydrogen (secondary N) is 1. The summed E-state index contributed by atoms with van der Waals surface area (Å²) in [4.78, 5) is 22.8. The van der Waals surface area contributed by atoms with E-state index in [-0.39, 0.29) is 11.9 Å². The van der Waals surface area contributed by atoms with E-state index in [9.17, 15) is 4.79 Å². The Morgan fingerprint density at radius 3 is 2.86 bits per heavy atom. The zero-order valence-corrected chi connectivity index (χ0v) is 18.0. The summed E-state index contributed by atoms with van der Waals surface area (Å²) in [6.45, 7) is 9.07. The van der Waals surface area contributed by atoms with Crippen molar-refractivity contribution in [2.45, 2.75) is 39.8 Å². The van der Waals surface area contributed by atoms with Gasteiger partial charge in [0.15, 0.2) is 5.78 Å². The molecule has 0 saturated carbocycles. The van der Waals surface area contributed by atoms with E-state index in [4.69, 9.17) is 9.72 Å². The Labute approximate surface area is 175 Å². The van der Waals surface area contributed by atoms with Gasteiger partial charge in [-0.05, 0) is 31.4 Å². The van der Waals surface area contributed by atoms with E-state index in [1.807, 2.05) is 13.0 Å². The molecule has 5 nitrogen and oxygen atoms in total. The van der Waals surface area contributed by atoms with Crippen molar-refractivity contribution in [3.8, 4) is 11.4 Å². The highest BCUT2D eigenvalue weighted by Gasteiger charge is 2.26. The molecule has 2 aromatic heterocycles. The van der Waals surface area contributed by atoms with Gasteiger partial charge in [0.2, 0.25) is 0 Å². The number of ether oxygens (including phenoxy) is 1. The molecule has 152 valence electrons. The van der Waals surface area contributed by atoms with Crippen LogP contribution < -0.4 is 0 Å². The third-order valence-corrected chi connectivity index (χ3v) is 6.39. The molecule has 0 amide bonds. The first-order valence-corrected chi connectivity index (χ1v) is 11.0. The molecule has 0 aliphatic carbocycles. The summed E-state index contributed by atoms with van der Waals surface area (Å²) in [5.41, 5.74) is 5.97. The number of Topliss-reactive ketones (excluding diaryl/α,β-unsaturated/α-hetero) is 1. The van der Waals surface area contributed by atoms with E-state index in [0.717, 1.165) is 59.3 Å². The predicted octanol–water partition coefficient (Wildman–Crippen LogP) is 4.79. The van der Waals surface area contributed by atoms with Crippen molar-refractivity contribution in [2.75, 3.05) is 19.7 Å². The van der Waals surface area contributed by atoms with Gasteiger partial charge >= 0.3 is 0 Å². The molecule has 0 spiro atoms. The molecule has 0 radical (unpaired) electrons. The molecule has 1 fully saturated rings. The number of ketones is 1. The predicted molar refractivity (Wildman–Crippen MR) is 116 cm³/mol. The summed E-state index contributed by atoms with van der Waals surface area (Å²) >= 11 is 1.63. The number of aromatic amines is 1. The molecule has 1 aliphatic rings. The Bertz CT molecular complexity index is 993. The molecule has 1 unspecified atom stereocenters. The number of carbonyl (C=O) groups excluding carboxylic acids is 1. The molecule has 6 heteroatoms. The van der Waals surface area contributed by atoms with Gasteiger partial charge in [0.1, 0.15) is 11.1 Å². The van der Waals surface area contributed by atoms with Gasteiger partial charge < -0.3 is 9.72 Å². The molecule has 1 aromatic carbocycles. The number of aromatic nitrogens is 2. The van der Waals surface area contributed by atoms with Crippen LogP contribution in [0.25, 0.3) is 11.4 Å². The fourth-order valence-electron chi connectivity index (χ4n) is 4.11. The summed E-state index contributed by atoms with van der Waals surface area (Å²) in [7, 11) is 0. The Morgan fingerprint density at radius 2 is 2.14 bits per heavy atom. The highest BCUT2D eigenvalue weighted by atomic mass is 32.1. The number of hydrogen-bond donors (Lipinski definition) is 1. The van der Waals surface area contributed by atoms with Crippen molar-refractivity contribution >= 4 is 17.1 Å². The lowest BCUT2D eigenvalue weighted by atomic mass is 10.0. The minimum absolute atomic E-state index is 0.0142. The van der Waals surface area contributed by atoms with Gasteiger partial charge in [-0.15, -0.1) is 11.3 Å². The molecule has 3 heterocycles. The molecule has 29 heavy (non-hydrogen) atoms. The Morgan fingerprint density at radius 1 is 1.34 bits per heavy atom. The van der Waals surface area contributed by atoms with Gasteiger partial charge in [0.25, 0.3) is 0 Å². The fourth-order valence-corrected chi connectivity index (χ4v) is 4.96. The van der Waals surface area contributed by atoms with E-state index in [0.29, 0.717) is 6.61 Å². The number of hydrogen-bond acceptors (Lipinski definition) is 5. The number of morpholine rings is 1. The number of rotatable bonds is 6. The second-order valence-corrected chi connectivity index (χ2v) is 8.43. The molecule has 1 atom stereocenters. The normalized spacial score (nSPS) is 17.6. The standard InChI is InChI=1S/C23H27N3O2S/c1-4-18-21(16(3)27)15(2)24-22(18)19-14-29-23(25-19)20-13-26(10-11-28-20)12-17-8-6-5-7-9-17/h5-9,14,20,24H,4,10-13H2,1-3H3. The van der Waals surface area contributed by atoms with Gasteiger partial charge in [0, 0.05) is 36.3 Å². The average molecular weight is 410 g/mol. The average Bonchev–Trinajstić information content (AvgIpc) is 3.33. The van der Waals surface area contributed by atoms with Crippen LogP contribution in [0.1, 0.15) is 52.1 Å². The highest BCUT2D eigenvalue weighted by Crippen LogP contribution is 2.33. The number of thiazole rings is 1. The van der Waals surface area contributed by atoms with Crippen LogP contribution in [0, 0.1) is 6.92 Å². The minimum atomic E-state index is -0.0142. The Hall–Kier alpha value is -2.28. The van der Waals surface area contributed by atoms with E-state index in [1.54, 1.807) is 18.3 Å². The molecule has 1 saturated heterocycles. The summed E-state index contributed by atoms with van der Waals surface area (Å²) in [5, 5.41) is 3.07. The topological polar surface area (TPSA) is 58.2 Å². The van der Waals surface area contributed by atoms with Crippen molar-refractivity contribution in [3.05, 3.63) is 63.1 Å². The van der Waals surface area contributed by atoms with Crippen molar-refractivity contribution in [1.82, 2.24) is 14.9 Å². The Kier molecular flexibility index (Phi) is 5.94. The van der Waals surface area contributed by atoms with E-state index >= 15 is 0 Å². The number of aryl methyl sites for hydroxylation is 1. The number of carbonyl (C=O) groups is 1. The van der Waals surface area contributed by atoms with Crippen LogP contribution in [-0.2, 0) is 17.7 Å². The monoisotopic (exact) mass is 409 g/mol. The van der Waals surface area contributed by atoms with Crippen LogP contribution in [0.3, 0.4) is 0 Å². The van der Waals surface area contributed by atoms with Gasteiger partial charge in [0.05, 0.1) is 18.0 Å². The lowest BCUT2D eigenvalue weighted by Gasteiger charge is -2.31. The van der Waals surface area contributed by atoms with Crippen LogP contribution in [0.4, 0.5) is 0 Å². The third-order valence-electron chi connectivity index (χ3n) is 5.45. The zero-order chi connectivity index (χ0) is 20.4. The van der Waals surface area contributed by atoms with Crippen LogP contribution in [-0.4, -0.2) is 40.3 Å². The van der Waals surface area contributed by atoms with Crippen LogP contribution >= 0.6 is 11.3 Å². The smallest absolute Gasteiger partial charge is 0.161 e. The minimum Gasteiger partial charge on any atom is -0.368 e. The maximum Gasteiger partial charge on any atom is 0.161 e. The first-order chi connectivity index (χ1) is 14.1. The number of nitrogens with zero attached hydrogens (tertiary/aromatic N) is 2. The Balaban J connectivity index is 1.53. The van der Waals surface area contributed by atoms with Crippen molar-refractivity contribution in [3.63, 3.8) is 0 Å². The van der Waals surface area contributed by atoms with Crippen molar-refractivity contribution in [2.24, 2.45) is 0 Å². The summed E-state index contributed by atoms with van der Waals surface area (Å²) in [6.07, 6.45) is 0.784. The van der Waals surface area contributed by atoms with Gasteiger partial charge in [-0.2, -0.15) is 0 Å². The summed E-state index contributed by atoms with van der Waals surface area (Å²) < 4.78 is 6.05. The molecular weight excluding hydrogens is 382 g/mol. The number of H-pyrrole nitrogens is 1. The zero-order valence-electron chi connectivity index (χ0n) is 17.2. The SMILES string of the molecule is CCc1c(-c2csc(C3CN(Cc4ccccc4)CCO3)n2)[nH]c(C)c1C(C)=O. The molecule has 4 rings (SSSR count). The maximum absolute atomic E-state index is 12.1. The van der Waals surface area contributed by atoms with E-state index < -0.39 is 0 Å². The van der Waals surface area contributed by atoms with E-state index in [1.165, 1.54) is 5.56 Å². The van der Waals surface area contributed by atoms with E-state index in [2.05, 4.69) is 46.5 Å². The molecular formula is C23H27N3O2S. The highest BCUT2D eigenvalue weighted by molar-refractivity contribution is 7.10. The number of benzene rings is 1. The second-order valence-electron chi connectivity index (χ2n) is 7.54. The fraction of sp³-hybridized carbons (Fsp3) is 0.391. The lowest BCUT2D eigenvalue weighted by Crippen LogP contribution is -2.37. The van der Waals surface area contributed by atoms with Crippen molar-refractivity contribution < 1.29 is 9.53 Å².